The molecule has 0 heteroatoms. The van der Waals surface area contributed by atoms with Gasteiger partial charge in [0, 0.05) is 0 Å². The van der Waals surface area contributed by atoms with Gasteiger partial charge in [-0.25, -0.2) is 0 Å². The summed E-state index contributed by atoms with van der Waals surface area (Å²) in [6.07, 6.45) is 28.9. The van der Waals surface area contributed by atoms with Crippen LogP contribution in [0.25, 0.3) is 0 Å². The Balaban J connectivity index is 1.05. The molecule has 7 aliphatic carbocycles. The van der Waals surface area contributed by atoms with Crippen LogP contribution in [0.4, 0.5) is 0 Å². The van der Waals surface area contributed by atoms with E-state index < -0.39 is 0 Å². The molecule has 10 unspecified atom stereocenters. The van der Waals surface area contributed by atoms with E-state index in [1.165, 1.54) is 35.5 Å². The van der Waals surface area contributed by atoms with Crippen LogP contribution in [-0.4, -0.2) is 0 Å². The lowest BCUT2D eigenvalue weighted by Crippen LogP contribution is -2.27. The van der Waals surface area contributed by atoms with Crippen molar-refractivity contribution in [1.82, 2.24) is 0 Å². The average molecular weight is 409 g/mol. The molecule has 0 aromatic heterocycles. The van der Waals surface area contributed by atoms with Gasteiger partial charge in [-0.05, 0) is 129 Å². The molecule has 0 aliphatic heterocycles. The van der Waals surface area contributed by atoms with Gasteiger partial charge >= 0.3 is 0 Å². The molecule has 0 saturated heterocycles. The van der Waals surface area contributed by atoms with Crippen molar-refractivity contribution in [1.29, 1.82) is 0 Å². The lowest BCUT2D eigenvalue weighted by molar-refractivity contribution is 0.135. The third kappa shape index (κ3) is 2.89. The van der Waals surface area contributed by atoms with Crippen molar-refractivity contribution >= 4 is 0 Å². The first kappa shape index (κ1) is 19.5. The predicted molar refractivity (Wildman–Crippen MR) is 125 cm³/mol. The normalized spacial score (nSPS) is 56.4. The van der Waals surface area contributed by atoms with E-state index in [4.69, 9.17) is 0 Å². The van der Waals surface area contributed by atoms with Crippen LogP contribution in [-0.2, 0) is 0 Å². The summed E-state index contributed by atoms with van der Waals surface area (Å²) in [5, 5.41) is 0. The van der Waals surface area contributed by atoms with Gasteiger partial charge in [-0.15, -0.1) is 0 Å². The van der Waals surface area contributed by atoms with Crippen molar-refractivity contribution < 1.29 is 0 Å². The van der Waals surface area contributed by atoms with Gasteiger partial charge in [-0.1, -0.05) is 57.8 Å². The molecule has 0 heterocycles. The number of fused-ring (bicyclic) bond motifs is 3. The van der Waals surface area contributed by atoms with Gasteiger partial charge in [0.1, 0.15) is 0 Å². The second-order valence-corrected chi connectivity index (χ2v) is 13.6. The average Bonchev–Trinajstić information content (AvgIpc) is 3.44. The summed E-state index contributed by atoms with van der Waals surface area (Å²) < 4.78 is 0. The Morgan fingerprint density at radius 2 is 0.833 bits per heavy atom. The van der Waals surface area contributed by atoms with E-state index >= 15 is 0 Å². The first-order valence-corrected chi connectivity index (χ1v) is 14.9. The first-order chi connectivity index (χ1) is 14.9. The van der Waals surface area contributed by atoms with Gasteiger partial charge in [-0.2, -0.15) is 0 Å². The van der Waals surface area contributed by atoms with E-state index in [2.05, 4.69) is 0 Å². The molecule has 0 aromatic carbocycles. The highest BCUT2D eigenvalue weighted by Gasteiger charge is 2.60. The quantitative estimate of drug-likeness (QED) is 0.437. The molecule has 7 fully saturated rings. The van der Waals surface area contributed by atoms with E-state index in [9.17, 15) is 0 Å². The Labute approximate surface area is 186 Å². The molecule has 0 bridgehead atoms. The summed E-state index contributed by atoms with van der Waals surface area (Å²) in [6, 6.07) is 0. The molecule has 0 spiro atoms. The van der Waals surface area contributed by atoms with Crippen molar-refractivity contribution in [2.45, 2.75) is 116 Å². The predicted octanol–water partition coefficient (Wildman–Crippen LogP) is 8.50. The van der Waals surface area contributed by atoms with Crippen LogP contribution >= 0.6 is 0 Å². The molecule has 0 N–H and O–H groups in total. The number of rotatable bonds is 4. The fourth-order valence-corrected chi connectivity index (χ4v) is 12.4. The monoisotopic (exact) mass is 408 g/mol. The highest BCUT2D eigenvalue weighted by Crippen LogP contribution is 2.67. The maximum Gasteiger partial charge on any atom is -0.0321 e. The van der Waals surface area contributed by atoms with Crippen LogP contribution in [0.3, 0.4) is 0 Å². The highest BCUT2D eigenvalue weighted by molar-refractivity contribution is 5.09. The second-order valence-electron chi connectivity index (χ2n) is 13.6. The summed E-state index contributed by atoms with van der Waals surface area (Å²) in [4.78, 5) is 0. The number of hydrogen-bond acceptors (Lipinski definition) is 0. The second kappa shape index (κ2) is 7.80. The molecule has 0 aromatic rings. The smallest absolute Gasteiger partial charge is 0.0321 e. The maximum atomic E-state index is 1.66. The van der Waals surface area contributed by atoms with Crippen LogP contribution in [0.1, 0.15) is 116 Å². The third-order valence-corrected chi connectivity index (χ3v) is 12.9. The summed E-state index contributed by atoms with van der Waals surface area (Å²) >= 11 is 0. The molecule has 0 nitrogen and oxygen atoms in total. The van der Waals surface area contributed by atoms with E-state index in [-0.39, 0.29) is 0 Å². The topological polar surface area (TPSA) is 0 Å². The molecule has 7 aliphatic rings. The van der Waals surface area contributed by atoms with Crippen molar-refractivity contribution in [3.63, 3.8) is 0 Å². The molecule has 168 valence electrons. The summed E-state index contributed by atoms with van der Waals surface area (Å²) in [5.74, 6) is 14.1. The van der Waals surface area contributed by atoms with Crippen molar-refractivity contribution in [3.8, 4) is 0 Å². The Hall–Kier alpha value is 0. The van der Waals surface area contributed by atoms with Gasteiger partial charge in [0.2, 0.25) is 0 Å². The zero-order valence-electron chi connectivity index (χ0n) is 19.7. The molecule has 10 atom stereocenters. The van der Waals surface area contributed by atoms with Crippen molar-refractivity contribution in [2.75, 3.05) is 0 Å². The highest BCUT2D eigenvalue weighted by atomic mass is 14.6. The zero-order valence-corrected chi connectivity index (χ0v) is 19.7. The summed E-state index contributed by atoms with van der Waals surface area (Å²) in [7, 11) is 0. The molecule has 30 heavy (non-hydrogen) atoms. The maximum absolute atomic E-state index is 1.66. The lowest BCUT2D eigenvalue weighted by Gasteiger charge is -2.36. The molecule has 0 amide bonds. The summed E-state index contributed by atoms with van der Waals surface area (Å²) in [6.45, 7) is 0. The molecular weight excluding hydrogens is 360 g/mol. The fourth-order valence-electron chi connectivity index (χ4n) is 12.4. The van der Waals surface area contributed by atoms with Gasteiger partial charge in [0.15, 0.2) is 0 Å². The molecule has 0 radical (unpaired) electrons. The van der Waals surface area contributed by atoms with Crippen molar-refractivity contribution in [2.24, 2.45) is 71.0 Å². The lowest BCUT2D eigenvalue weighted by atomic mass is 9.69. The molecular formula is C30H48. The van der Waals surface area contributed by atoms with Gasteiger partial charge in [0.05, 0.1) is 0 Å². The Morgan fingerprint density at radius 1 is 0.400 bits per heavy atom. The van der Waals surface area contributed by atoms with Gasteiger partial charge in [-0.3, -0.25) is 0 Å². The Morgan fingerprint density at radius 3 is 1.37 bits per heavy atom. The van der Waals surface area contributed by atoms with Gasteiger partial charge in [0.25, 0.3) is 0 Å². The standard InChI is InChI=1S/C30H48/c1-3-12-23-21(10-1)22-11-2-4-13-24(22)25(23)14-7-15-26-27-16-5-8-19-18-20-9-6-17-28(26)30(20)29(19)27/h19-30H,1-18H2. The van der Waals surface area contributed by atoms with Crippen LogP contribution in [0, 0.1) is 71.0 Å². The Kier molecular flexibility index (Phi) is 5.06. The third-order valence-electron chi connectivity index (χ3n) is 12.9. The van der Waals surface area contributed by atoms with Crippen molar-refractivity contribution in [3.05, 3.63) is 0 Å². The first-order valence-electron chi connectivity index (χ1n) is 14.9. The van der Waals surface area contributed by atoms with Crippen LogP contribution in [0.2, 0.25) is 0 Å². The van der Waals surface area contributed by atoms with E-state index in [1.54, 1.807) is 116 Å². The zero-order chi connectivity index (χ0) is 19.7. The SMILES string of the molecule is C1CCC2C(C1)C1CCCCC1C2CCCC1C2CCCC3CC4CCCC1C4C32. The van der Waals surface area contributed by atoms with E-state index in [0.29, 0.717) is 0 Å². The minimum atomic E-state index is 1.15. The van der Waals surface area contributed by atoms with E-state index in [0.717, 1.165) is 35.5 Å². The minimum absolute atomic E-state index is 1.15. The number of hydrogen-bond donors (Lipinski definition) is 0. The van der Waals surface area contributed by atoms with Crippen LogP contribution < -0.4 is 0 Å². The minimum Gasteiger partial charge on any atom is -0.0530 e. The van der Waals surface area contributed by atoms with E-state index in [1.807, 2.05) is 0 Å². The molecule has 7 rings (SSSR count). The van der Waals surface area contributed by atoms with Gasteiger partial charge < -0.3 is 0 Å². The van der Waals surface area contributed by atoms with Crippen LogP contribution in [0.5, 0.6) is 0 Å². The summed E-state index contributed by atoms with van der Waals surface area (Å²) in [5.41, 5.74) is 0. The molecule has 7 saturated carbocycles. The van der Waals surface area contributed by atoms with Crippen LogP contribution in [0.15, 0.2) is 0 Å². The Bertz CT molecular complexity index is 574. The fraction of sp³-hybridized carbons (Fsp3) is 1.00. The largest absolute Gasteiger partial charge is 0.0530 e.